The van der Waals surface area contributed by atoms with Crippen LogP contribution in [0.15, 0.2) is 57.9 Å². The fraction of sp³-hybridized carbons (Fsp3) is 0.111. The minimum atomic E-state index is -0.311. The topological polar surface area (TPSA) is 46.6 Å². The van der Waals surface area contributed by atoms with Crippen LogP contribution in [0.4, 0.5) is 10.5 Å². The summed E-state index contributed by atoms with van der Waals surface area (Å²) >= 11 is 4.34. The molecule has 24 heavy (non-hydrogen) atoms. The molecule has 0 spiro atoms. The van der Waals surface area contributed by atoms with Gasteiger partial charge in [0, 0.05) is 4.47 Å². The molecule has 0 atom stereocenters. The van der Waals surface area contributed by atoms with Crippen LogP contribution in [0.3, 0.4) is 0 Å². The lowest BCUT2D eigenvalue weighted by Gasteiger charge is -2.13. The number of carbonyl (C=O) groups is 2. The van der Waals surface area contributed by atoms with Crippen molar-refractivity contribution in [1.29, 1.82) is 0 Å². The van der Waals surface area contributed by atoms with E-state index in [1.165, 1.54) is 4.90 Å². The van der Waals surface area contributed by atoms with Gasteiger partial charge in [-0.2, -0.15) is 0 Å². The highest BCUT2D eigenvalue weighted by molar-refractivity contribution is 9.10. The number of carbonyl (C=O) groups excluding carboxylic acids is 2. The Bertz CT molecular complexity index is 817. The average Bonchev–Trinajstić information content (AvgIpc) is 2.83. The van der Waals surface area contributed by atoms with E-state index in [0.29, 0.717) is 22.9 Å². The Labute approximate surface area is 152 Å². The standard InChI is InChI=1S/C18H14BrNO3S/c1-2-23-15-8-6-14(7-9-15)20-17(21)16(24-18(20)22)11-12-4-3-5-13(19)10-12/h3-11H,2H2,1H3/b16-11+. The fourth-order valence-corrected chi connectivity index (χ4v) is 3.55. The highest BCUT2D eigenvalue weighted by atomic mass is 79.9. The van der Waals surface area contributed by atoms with Gasteiger partial charge in [0.05, 0.1) is 17.2 Å². The molecule has 1 fully saturated rings. The summed E-state index contributed by atoms with van der Waals surface area (Å²) in [6, 6.07) is 14.5. The quantitative estimate of drug-likeness (QED) is 0.667. The lowest BCUT2D eigenvalue weighted by molar-refractivity contribution is -0.113. The summed E-state index contributed by atoms with van der Waals surface area (Å²) in [7, 11) is 0. The van der Waals surface area contributed by atoms with Crippen molar-refractivity contribution in [2.45, 2.75) is 6.92 Å². The molecule has 0 radical (unpaired) electrons. The van der Waals surface area contributed by atoms with Crippen LogP contribution in [0.5, 0.6) is 5.75 Å². The fourth-order valence-electron chi connectivity index (χ4n) is 2.30. The number of hydrogen-bond donors (Lipinski definition) is 0. The monoisotopic (exact) mass is 403 g/mol. The van der Waals surface area contributed by atoms with Crippen LogP contribution in [0.2, 0.25) is 0 Å². The average molecular weight is 404 g/mol. The van der Waals surface area contributed by atoms with Crippen molar-refractivity contribution in [2.24, 2.45) is 0 Å². The summed E-state index contributed by atoms with van der Waals surface area (Å²) in [4.78, 5) is 26.4. The van der Waals surface area contributed by atoms with Crippen LogP contribution < -0.4 is 9.64 Å². The van der Waals surface area contributed by atoms with Gasteiger partial charge in [0.15, 0.2) is 0 Å². The molecule has 6 heteroatoms. The zero-order chi connectivity index (χ0) is 17.1. The third-order valence-electron chi connectivity index (χ3n) is 3.35. The number of halogens is 1. The molecule has 2 amide bonds. The molecule has 0 unspecified atom stereocenters. The van der Waals surface area contributed by atoms with E-state index in [2.05, 4.69) is 15.9 Å². The smallest absolute Gasteiger partial charge is 0.298 e. The van der Waals surface area contributed by atoms with Crippen molar-refractivity contribution >= 4 is 50.6 Å². The van der Waals surface area contributed by atoms with Gasteiger partial charge in [0.2, 0.25) is 0 Å². The summed E-state index contributed by atoms with van der Waals surface area (Å²) in [5.41, 5.74) is 1.40. The van der Waals surface area contributed by atoms with Crippen LogP contribution >= 0.6 is 27.7 Å². The molecule has 1 saturated heterocycles. The largest absolute Gasteiger partial charge is 0.494 e. The highest BCUT2D eigenvalue weighted by Gasteiger charge is 2.36. The number of nitrogens with zero attached hydrogens (tertiary/aromatic N) is 1. The Morgan fingerprint density at radius 3 is 2.58 bits per heavy atom. The first-order valence-corrected chi connectivity index (χ1v) is 8.96. The number of thioether (sulfide) groups is 1. The first kappa shape index (κ1) is 16.8. The molecular formula is C18H14BrNO3S. The molecule has 122 valence electrons. The van der Waals surface area contributed by atoms with Gasteiger partial charge in [-0.1, -0.05) is 28.1 Å². The number of anilines is 1. The van der Waals surface area contributed by atoms with E-state index in [4.69, 9.17) is 4.74 Å². The second-order valence-corrected chi connectivity index (χ2v) is 6.91. The molecule has 0 N–H and O–H groups in total. The van der Waals surface area contributed by atoms with Crippen molar-refractivity contribution < 1.29 is 14.3 Å². The first-order chi connectivity index (χ1) is 11.6. The van der Waals surface area contributed by atoms with E-state index in [-0.39, 0.29) is 11.1 Å². The highest BCUT2D eigenvalue weighted by Crippen LogP contribution is 2.36. The molecule has 0 bridgehead atoms. The second-order valence-electron chi connectivity index (χ2n) is 5.00. The van der Waals surface area contributed by atoms with Gasteiger partial charge in [-0.25, -0.2) is 4.90 Å². The van der Waals surface area contributed by atoms with Gasteiger partial charge >= 0.3 is 0 Å². The SMILES string of the molecule is CCOc1ccc(N2C(=O)S/C(=C/c3cccc(Br)c3)C2=O)cc1. The van der Waals surface area contributed by atoms with Gasteiger partial charge in [0.1, 0.15) is 5.75 Å². The molecule has 4 nitrogen and oxygen atoms in total. The Hall–Kier alpha value is -2.05. The molecule has 1 aliphatic heterocycles. The third kappa shape index (κ3) is 3.55. The van der Waals surface area contributed by atoms with E-state index in [1.807, 2.05) is 31.2 Å². The lowest BCUT2D eigenvalue weighted by Crippen LogP contribution is -2.27. The predicted octanol–water partition coefficient (Wildman–Crippen LogP) is 5.09. The molecule has 1 heterocycles. The van der Waals surface area contributed by atoms with Crippen LogP contribution in [-0.2, 0) is 4.79 Å². The van der Waals surface area contributed by atoms with Gasteiger partial charge in [-0.15, -0.1) is 0 Å². The van der Waals surface area contributed by atoms with Crippen molar-refractivity contribution in [3.05, 3.63) is 63.5 Å². The molecule has 2 aromatic rings. The number of hydrogen-bond acceptors (Lipinski definition) is 4. The minimum absolute atomic E-state index is 0.301. The van der Waals surface area contributed by atoms with E-state index >= 15 is 0 Å². The van der Waals surface area contributed by atoms with E-state index in [0.717, 1.165) is 21.8 Å². The number of amides is 2. The van der Waals surface area contributed by atoms with E-state index in [1.54, 1.807) is 30.3 Å². The summed E-state index contributed by atoms with van der Waals surface area (Å²) in [5, 5.41) is -0.301. The maximum atomic E-state index is 12.6. The lowest BCUT2D eigenvalue weighted by atomic mass is 10.2. The van der Waals surface area contributed by atoms with Gasteiger partial charge in [-0.05, 0) is 66.7 Å². The predicted molar refractivity (Wildman–Crippen MR) is 100 cm³/mol. The summed E-state index contributed by atoms with van der Waals surface area (Å²) in [6.45, 7) is 2.47. The summed E-state index contributed by atoms with van der Waals surface area (Å²) in [6.07, 6.45) is 1.73. The summed E-state index contributed by atoms with van der Waals surface area (Å²) in [5.74, 6) is 0.395. The number of benzene rings is 2. The van der Waals surface area contributed by atoms with Crippen molar-refractivity contribution in [3.63, 3.8) is 0 Å². The van der Waals surface area contributed by atoms with Crippen molar-refractivity contribution in [1.82, 2.24) is 0 Å². The van der Waals surface area contributed by atoms with E-state index < -0.39 is 0 Å². The summed E-state index contributed by atoms with van der Waals surface area (Å²) < 4.78 is 6.30. The molecule has 2 aromatic carbocycles. The maximum absolute atomic E-state index is 12.6. The van der Waals surface area contributed by atoms with Gasteiger partial charge < -0.3 is 4.74 Å². The van der Waals surface area contributed by atoms with Gasteiger partial charge in [0.25, 0.3) is 11.1 Å². The maximum Gasteiger partial charge on any atom is 0.298 e. The Balaban J connectivity index is 1.86. The number of ether oxygens (including phenoxy) is 1. The minimum Gasteiger partial charge on any atom is -0.494 e. The Kier molecular flexibility index (Phi) is 5.06. The van der Waals surface area contributed by atoms with Crippen LogP contribution in [0.25, 0.3) is 6.08 Å². The molecule has 0 aliphatic carbocycles. The zero-order valence-corrected chi connectivity index (χ0v) is 15.3. The molecule has 0 aromatic heterocycles. The van der Waals surface area contributed by atoms with Crippen LogP contribution in [0, 0.1) is 0 Å². The van der Waals surface area contributed by atoms with Crippen molar-refractivity contribution in [2.75, 3.05) is 11.5 Å². The third-order valence-corrected chi connectivity index (χ3v) is 4.71. The first-order valence-electron chi connectivity index (χ1n) is 7.35. The number of imide groups is 1. The van der Waals surface area contributed by atoms with E-state index in [9.17, 15) is 9.59 Å². The number of rotatable bonds is 4. The van der Waals surface area contributed by atoms with Crippen LogP contribution in [0.1, 0.15) is 12.5 Å². The van der Waals surface area contributed by atoms with Crippen LogP contribution in [-0.4, -0.2) is 17.8 Å². The second kappa shape index (κ2) is 7.23. The Morgan fingerprint density at radius 2 is 1.92 bits per heavy atom. The molecule has 3 rings (SSSR count). The zero-order valence-electron chi connectivity index (χ0n) is 12.9. The molecular weight excluding hydrogens is 390 g/mol. The Morgan fingerprint density at radius 1 is 1.17 bits per heavy atom. The van der Waals surface area contributed by atoms with Gasteiger partial charge in [-0.3, -0.25) is 9.59 Å². The molecule has 1 aliphatic rings. The normalized spacial score (nSPS) is 16.1. The molecule has 0 saturated carbocycles. The van der Waals surface area contributed by atoms with Crippen molar-refractivity contribution in [3.8, 4) is 5.75 Å².